The van der Waals surface area contributed by atoms with E-state index in [1.165, 1.54) is 0 Å². The summed E-state index contributed by atoms with van der Waals surface area (Å²) in [6.45, 7) is 7.12. The summed E-state index contributed by atoms with van der Waals surface area (Å²) in [7, 11) is -1.20. The minimum Gasteiger partial charge on any atom is -0.399 e. The first-order valence-electron chi connectivity index (χ1n) is 13.4. The molecule has 0 spiro atoms. The Morgan fingerprint density at radius 1 is 0.760 bits per heavy atom. The fourth-order valence-electron chi connectivity index (χ4n) is 2.53. The topological polar surface area (TPSA) is 18.5 Å². The van der Waals surface area contributed by atoms with Crippen LogP contribution in [0.2, 0.25) is 0 Å². The van der Waals surface area contributed by atoms with Gasteiger partial charge in [-0.2, -0.15) is 0 Å². The van der Waals surface area contributed by atoms with Crippen molar-refractivity contribution in [1.82, 2.24) is 0 Å². The molecule has 0 unspecified atom stereocenters. The third-order valence-electron chi connectivity index (χ3n) is 4.70. The maximum absolute atomic E-state index is 8.70. The van der Waals surface area contributed by atoms with Crippen molar-refractivity contribution < 1.29 is 24.4 Å². The molecule has 0 aliphatic carbocycles. The molecular weight excluding hydrogens is 307 g/mol. The summed E-state index contributed by atoms with van der Waals surface area (Å²) < 4.78 is 104. The molecule has 2 nitrogen and oxygen atoms in total. The van der Waals surface area contributed by atoms with Crippen LogP contribution in [-0.4, -0.2) is 18.3 Å². The predicted octanol–water partition coefficient (Wildman–Crippen LogP) is 4.81. The lowest BCUT2D eigenvalue weighted by Gasteiger charge is -2.32. The van der Waals surface area contributed by atoms with Gasteiger partial charge in [-0.3, -0.25) is 0 Å². The van der Waals surface area contributed by atoms with Crippen LogP contribution < -0.4 is 5.46 Å². The minimum atomic E-state index is -1.20. The molecule has 3 aromatic carbocycles. The van der Waals surface area contributed by atoms with Gasteiger partial charge in [0, 0.05) is 0 Å². The van der Waals surface area contributed by atoms with E-state index in [4.69, 9.17) is 24.4 Å². The van der Waals surface area contributed by atoms with Crippen molar-refractivity contribution in [2.24, 2.45) is 0 Å². The van der Waals surface area contributed by atoms with Crippen molar-refractivity contribution in [2.45, 2.75) is 38.9 Å². The highest BCUT2D eigenvalue weighted by Gasteiger charge is 2.51. The smallest absolute Gasteiger partial charge is 0.399 e. The van der Waals surface area contributed by atoms with Gasteiger partial charge in [-0.1, -0.05) is 66.5 Å². The summed E-state index contributed by atoms with van der Waals surface area (Å²) in [5.74, 6) is 0. The molecule has 0 saturated carbocycles. The average molecular weight is 341 g/mol. The molecule has 0 radical (unpaired) electrons. The van der Waals surface area contributed by atoms with E-state index in [0.717, 1.165) is 0 Å². The first kappa shape index (κ1) is 8.07. The Kier molecular flexibility index (Phi) is 1.85. The van der Waals surface area contributed by atoms with E-state index in [2.05, 4.69) is 0 Å². The van der Waals surface area contributed by atoms with Gasteiger partial charge in [0.25, 0.3) is 0 Å². The normalized spacial score (nSPS) is 24.8. The van der Waals surface area contributed by atoms with E-state index < -0.39 is 90.4 Å². The van der Waals surface area contributed by atoms with E-state index in [-0.39, 0.29) is 21.8 Å². The highest BCUT2D eigenvalue weighted by molar-refractivity contribution is 6.62. The Morgan fingerprint density at radius 3 is 2.04 bits per heavy atom. The van der Waals surface area contributed by atoms with Crippen LogP contribution in [0.15, 0.2) is 66.5 Å². The zero-order chi connectivity index (χ0) is 27.2. The van der Waals surface area contributed by atoms with E-state index >= 15 is 0 Å². The Morgan fingerprint density at radius 2 is 1.36 bits per heavy atom. The number of fused-ring (bicyclic) bond motifs is 1. The number of hydrogen-bond acceptors (Lipinski definition) is 2. The number of rotatable bonds is 2. The molecule has 4 rings (SSSR count). The molecule has 1 aliphatic heterocycles. The lowest BCUT2D eigenvalue weighted by atomic mass is 9.78. The largest absolute Gasteiger partial charge is 0.494 e. The molecule has 1 aliphatic rings. The van der Waals surface area contributed by atoms with Gasteiger partial charge < -0.3 is 9.31 Å². The molecular formula is C22H23BO2. The molecule has 0 bridgehead atoms. The zero-order valence-corrected chi connectivity index (χ0v) is 14.4. The van der Waals surface area contributed by atoms with Crippen LogP contribution in [0.5, 0.6) is 0 Å². The van der Waals surface area contributed by atoms with Crippen LogP contribution in [0.25, 0.3) is 21.9 Å². The number of hydrogen-bond donors (Lipinski definition) is 0. The lowest BCUT2D eigenvalue weighted by Crippen LogP contribution is -2.41. The van der Waals surface area contributed by atoms with Crippen molar-refractivity contribution in [3.63, 3.8) is 0 Å². The van der Waals surface area contributed by atoms with Gasteiger partial charge in [0.05, 0.1) is 26.3 Å². The van der Waals surface area contributed by atoms with Crippen molar-refractivity contribution in [1.29, 1.82) is 0 Å². The Balaban J connectivity index is 2.12. The highest BCUT2D eigenvalue weighted by atomic mass is 16.7. The molecule has 0 amide bonds. The van der Waals surface area contributed by atoms with Crippen molar-refractivity contribution in [3.8, 4) is 11.1 Å². The molecule has 3 aromatic rings. The third kappa shape index (κ3) is 2.78. The standard InChI is InChI=1S/C22H23BO2/c1-21(2)22(3,4)25-23(24-21)18-14-12-17(13-15-18)20-11-7-9-16-8-5-6-10-19(16)20/h5-15H,1-4H3/i5D,6D,7D,8D,9D,10D,11D,12D,13D,14D,15D. The third-order valence-corrected chi connectivity index (χ3v) is 4.70. The van der Waals surface area contributed by atoms with Crippen LogP contribution in [0, 0.1) is 0 Å². The van der Waals surface area contributed by atoms with E-state index in [1.54, 1.807) is 27.7 Å². The second kappa shape index (κ2) is 5.72. The van der Waals surface area contributed by atoms with Crippen LogP contribution >= 0.6 is 0 Å². The molecule has 0 atom stereocenters. The number of benzene rings is 3. The minimum absolute atomic E-state index is 0.145. The van der Waals surface area contributed by atoms with Gasteiger partial charge in [-0.25, -0.2) is 0 Å². The molecule has 1 heterocycles. The van der Waals surface area contributed by atoms with Crippen molar-refractivity contribution in [2.75, 3.05) is 0 Å². The maximum atomic E-state index is 8.70. The fourth-order valence-corrected chi connectivity index (χ4v) is 2.53. The summed E-state index contributed by atoms with van der Waals surface area (Å²) in [5, 5.41) is -0.639. The Hall–Kier alpha value is -2.10. The Labute approximate surface area is 165 Å². The van der Waals surface area contributed by atoms with Crippen LogP contribution in [0.1, 0.15) is 42.8 Å². The molecule has 25 heavy (non-hydrogen) atoms. The summed E-state index contributed by atoms with van der Waals surface area (Å²) in [6.07, 6.45) is 0. The van der Waals surface area contributed by atoms with Gasteiger partial charge in [0.1, 0.15) is 0 Å². The average Bonchev–Trinajstić information content (AvgIpc) is 3.01. The maximum Gasteiger partial charge on any atom is 0.494 e. The molecule has 126 valence electrons. The second-order valence-electron chi connectivity index (χ2n) is 6.88. The SMILES string of the molecule is [2H]c1c([2H])c(-c2c([2H])c([2H])c([2H])c3c([2H])c([2H])c([2H])c([2H])c23)c([2H])c([2H])c1B1OC(C)(C)C(C)(C)O1. The molecule has 1 fully saturated rings. The van der Waals surface area contributed by atoms with E-state index in [1.807, 2.05) is 0 Å². The molecule has 0 N–H and O–H groups in total. The van der Waals surface area contributed by atoms with E-state index in [9.17, 15) is 0 Å². The first-order valence-corrected chi connectivity index (χ1v) is 7.92. The van der Waals surface area contributed by atoms with Gasteiger partial charge in [0.2, 0.25) is 0 Å². The highest BCUT2D eigenvalue weighted by Crippen LogP contribution is 2.36. The quantitative estimate of drug-likeness (QED) is 0.623. The monoisotopic (exact) mass is 341 g/mol. The zero-order valence-electron chi connectivity index (χ0n) is 25.4. The molecule has 3 heteroatoms. The van der Waals surface area contributed by atoms with E-state index in [0.29, 0.717) is 0 Å². The van der Waals surface area contributed by atoms with Crippen LogP contribution in [0.4, 0.5) is 0 Å². The first-order chi connectivity index (χ1) is 16.5. The van der Waals surface area contributed by atoms with Gasteiger partial charge >= 0.3 is 7.12 Å². The fraction of sp³-hybridized carbons (Fsp3) is 0.273. The predicted molar refractivity (Wildman–Crippen MR) is 105 cm³/mol. The Bertz CT molecular complexity index is 1420. The summed E-state index contributed by atoms with van der Waals surface area (Å²) in [6, 6.07) is -6.51. The van der Waals surface area contributed by atoms with Gasteiger partial charge in [-0.05, 0) is 55.1 Å². The van der Waals surface area contributed by atoms with Crippen molar-refractivity contribution in [3.05, 3.63) is 66.5 Å². The summed E-state index contributed by atoms with van der Waals surface area (Å²) >= 11 is 0. The lowest BCUT2D eigenvalue weighted by molar-refractivity contribution is 0.00578. The summed E-state index contributed by atoms with van der Waals surface area (Å²) in [4.78, 5) is 0. The molecule has 0 aromatic heterocycles. The van der Waals surface area contributed by atoms with Crippen LogP contribution in [0.3, 0.4) is 0 Å². The molecule has 1 saturated heterocycles. The second-order valence-corrected chi connectivity index (χ2v) is 6.88. The van der Waals surface area contributed by atoms with Crippen molar-refractivity contribution >= 4 is 23.4 Å². The van der Waals surface area contributed by atoms with Crippen LogP contribution in [-0.2, 0) is 9.31 Å². The summed E-state index contributed by atoms with van der Waals surface area (Å²) in [5.41, 5.74) is -2.53. The van der Waals surface area contributed by atoms with Gasteiger partial charge in [0.15, 0.2) is 0 Å². The van der Waals surface area contributed by atoms with Gasteiger partial charge in [-0.15, -0.1) is 0 Å².